The molecule has 1 spiro atoms. The van der Waals surface area contributed by atoms with Crippen molar-refractivity contribution in [3.63, 3.8) is 0 Å². The van der Waals surface area contributed by atoms with Crippen molar-refractivity contribution in [2.45, 2.75) is 42.5 Å². The highest BCUT2D eigenvalue weighted by Crippen LogP contribution is 2.43. The molecule has 1 aliphatic carbocycles. The van der Waals surface area contributed by atoms with E-state index in [1.54, 1.807) is 0 Å². The van der Waals surface area contributed by atoms with Gasteiger partial charge in [-0.2, -0.15) is 9.98 Å². The number of aromatic nitrogens is 2. The summed E-state index contributed by atoms with van der Waals surface area (Å²) in [6, 6.07) is 4.90. The van der Waals surface area contributed by atoms with E-state index in [0.29, 0.717) is 48.5 Å². The van der Waals surface area contributed by atoms with E-state index in [-0.39, 0.29) is 21.1 Å². The Kier molecular flexibility index (Phi) is 6.22. The second-order valence-electron chi connectivity index (χ2n) is 9.88. The Balaban J connectivity index is 1.52. The van der Waals surface area contributed by atoms with E-state index in [2.05, 4.69) is 37.1 Å². The second-order valence-corrected chi connectivity index (χ2v) is 12.6. The third-order valence-corrected chi connectivity index (χ3v) is 9.49. The van der Waals surface area contributed by atoms with Crippen LogP contribution in [-0.4, -0.2) is 68.5 Å². The van der Waals surface area contributed by atoms with Gasteiger partial charge in [-0.3, -0.25) is 0 Å². The van der Waals surface area contributed by atoms with Crippen LogP contribution in [0.4, 0.5) is 25.3 Å². The van der Waals surface area contributed by atoms with Crippen LogP contribution >= 0.6 is 11.3 Å². The van der Waals surface area contributed by atoms with E-state index in [0.717, 1.165) is 32.1 Å². The van der Waals surface area contributed by atoms with E-state index >= 15 is 0 Å². The van der Waals surface area contributed by atoms with Crippen molar-refractivity contribution in [2.24, 2.45) is 5.41 Å². The van der Waals surface area contributed by atoms with Gasteiger partial charge in [-0.05, 0) is 50.3 Å². The maximum Gasteiger partial charge on any atom is 0.291 e. The average molecular weight is 537 g/mol. The summed E-state index contributed by atoms with van der Waals surface area (Å²) in [5, 5.41) is 27.2. The second kappa shape index (κ2) is 8.98. The number of alkyl halides is 2. The molecule has 14 heteroatoms. The summed E-state index contributed by atoms with van der Waals surface area (Å²) in [5.74, 6) is 0. The van der Waals surface area contributed by atoms with Crippen molar-refractivity contribution in [3.05, 3.63) is 22.7 Å². The van der Waals surface area contributed by atoms with E-state index in [1.165, 1.54) is 12.1 Å². The Morgan fingerprint density at radius 3 is 2.44 bits per heavy atom. The van der Waals surface area contributed by atoms with E-state index in [9.17, 15) is 22.5 Å². The van der Waals surface area contributed by atoms with Gasteiger partial charge in [-0.15, -0.1) is 10.2 Å². The molecule has 5 rings (SSSR count). The number of sulfonamides is 1. The lowest BCUT2D eigenvalue weighted by Gasteiger charge is -2.53. The van der Waals surface area contributed by atoms with E-state index in [4.69, 9.17) is 5.41 Å². The van der Waals surface area contributed by atoms with Crippen molar-refractivity contribution in [1.29, 1.82) is 10.7 Å². The average Bonchev–Trinajstić information content (AvgIpc) is 3.42. The number of hydrogen-bond acceptors (Lipinski definition) is 10. The molecular formula is C22H26F2N8O2S2. The van der Waals surface area contributed by atoms with Crippen LogP contribution in [-0.2, 0) is 10.0 Å². The van der Waals surface area contributed by atoms with Crippen LogP contribution in [0.5, 0.6) is 0 Å². The Morgan fingerprint density at radius 2 is 1.92 bits per heavy atom. The topological polar surface area (TPSA) is 138 Å². The van der Waals surface area contributed by atoms with Gasteiger partial charge in [0.1, 0.15) is 5.54 Å². The Labute approximate surface area is 211 Å². The molecule has 1 aromatic carbocycles. The van der Waals surface area contributed by atoms with Gasteiger partial charge in [-0.25, -0.2) is 17.2 Å². The number of anilines is 3. The third-order valence-electron chi connectivity index (χ3n) is 7.12. The van der Waals surface area contributed by atoms with Crippen LogP contribution < -0.4 is 14.9 Å². The molecule has 192 valence electrons. The maximum atomic E-state index is 13.3. The van der Waals surface area contributed by atoms with Crippen molar-refractivity contribution >= 4 is 44.1 Å². The molecule has 0 amide bonds. The molecule has 1 saturated carbocycles. The molecule has 2 saturated heterocycles. The SMILES string of the molecule is CN1CC2(CCN(c3cc(S(=O)(=O)NC4(C#N)CC4)cc(Nc4nnc(C(F)F)s4)c3C=N)CC2)C1. The molecule has 0 atom stereocenters. The number of likely N-dealkylation sites (tertiary alicyclic amines) is 1. The Morgan fingerprint density at radius 1 is 1.22 bits per heavy atom. The van der Waals surface area contributed by atoms with Gasteiger partial charge in [0, 0.05) is 43.6 Å². The standard InChI is InChI=1S/C22H26F2N8O2S2/c1-31-12-21(13-31)4-6-32(7-5-21)17-9-14(36(33,34)30-22(11-26)2-3-22)8-16(15(17)10-25)27-20-29-28-19(35-20)18(23)24/h8-10,18,25,30H,2-7,12-13H2,1H3,(H,27,29). The summed E-state index contributed by atoms with van der Waals surface area (Å²) in [7, 11) is -1.99. The predicted octanol–water partition coefficient (Wildman–Crippen LogP) is 3.08. The van der Waals surface area contributed by atoms with Gasteiger partial charge >= 0.3 is 0 Å². The molecule has 2 aromatic rings. The van der Waals surface area contributed by atoms with Gasteiger partial charge in [-0.1, -0.05) is 11.3 Å². The smallest absolute Gasteiger partial charge is 0.291 e. The minimum absolute atomic E-state index is 0.0626. The highest BCUT2D eigenvalue weighted by atomic mass is 32.2. The van der Waals surface area contributed by atoms with Crippen molar-refractivity contribution in [1.82, 2.24) is 19.8 Å². The first-order valence-corrected chi connectivity index (χ1v) is 13.8. The van der Waals surface area contributed by atoms with Crippen molar-refractivity contribution in [2.75, 3.05) is 43.4 Å². The van der Waals surface area contributed by atoms with Gasteiger partial charge in [0.25, 0.3) is 6.43 Å². The Hall–Kier alpha value is -2.73. The lowest BCUT2D eigenvalue weighted by molar-refractivity contribution is 0.00131. The van der Waals surface area contributed by atoms with Gasteiger partial charge in [0.2, 0.25) is 15.2 Å². The molecule has 2 aliphatic heterocycles. The zero-order valence-electron chi connectivity index (χ0n) is 19.6. The third kappa shape index (κ3) is 4.68. The molecule has 1 aromatic heterocycles. The summed E-state index contributed by atoms with van der Waals surface area (Å²) >= 11 is 0.659. The largest absolute Gasteiger partial charge is 0.371 e. The molecule has 3 aliphatic rings. The lowest BCUT2D eigenvalue weighted by Crippen LogP contribution is -2.58. The van der Waals surface area contributed by atoms with Crippen LogP contribution in [0.15, 0.2) is 17.0 Å². The molecule has 0 radical (unpaired) electrons. The molecule has 36 heavy (non-hydrogen) atoms. The zero-order chi connectivity index (χ0) is 25.7. The van der Waals surface area contributed by atoms with Gasteiger partial charge < -0.3 is 20.5 Å². The molecule has 3 fully saturated rings. The highest BCUT2D eigenvalue weighted by Gasteiger charge is 2.47. The molecule has 0 unspecified atom stereocenters. The van der Waals surface area contributed by atoms with Gasteiger partial charge in [0.05, 0.1) is 16.7 Å². The minimum atomic E-state index is -4.07. The number of nitrogens with one attached hydrogen (secondary N) is 3. The van der Waals surface area contributed by atoms with Crippen LogP contribution in [0.3, 0.4) is 0 Å². The van der Waals surface area contributed by atoms with E-state index < -0.39 is 27.0 Å². The Bertz CT molecular complexity index is 1320. The molecule has 3 heterocycles. The van der Waals surface area contributed by atoms with Crippen molar-refractivity contribution < 1.29 is 17.2 Å². The number of benzene rings is 1. The van der Waals surface area contributed by atoms with E-state index in [1.807, 2.05) is 6.07 Å². The summed E-state index contributed by atoms with van der Waals surface area (Å²) in [5.41, 5.74) is 0.382. The highest BCUT2D eigenvalue weighted by molar-refractivity contribution is 7.89. The number of nitriles is 1. The fraction of sp³-hybridized carbons (Fsp3) is 0.545. The fourth-order valence-corrected chi connectivity index (χ4v) is 7.12. The van der Waals surface area contributed by atoms with Crippen LogP contribution in [0.1, 0.15) is 42.7 Å². The first-order valence-electron chi connectivity index (χ1n) is 11.5. The molecular weight excluding hydrogens is 510 g/mol. The molecule has 3 N–H and O–H groups in total. The van der Waals surface area contributed by atoms with Crippen LogP contribution in [0.2, 0.25) is 0 Å². The summed E-state index contributed by atoms with van der Waals surface area (Å²) < 4.78 is 55.1. The van der Waals surface area contributed by atoms with Crippen LogP contribution in [0.25, 0.3) is 0 Å². The monoisotopic (exact) mass is 536 g/mol. The van der Waals surface area contributed by atoms with Crippen molar-refractivity contribution in [3.8, 4) is 6.07 Å². The number of halogens is 2. The number of nitrogens with zero attached hydrogens (tertiary/aromatic N) is 5. The molecule has 10 nitrogen and oxygen atoms in total. The minimum Gasteiger partial charge on any atom is -0.371 e. The van der Waals surface area contributed by atoms with Crippen LogP contribution in [0, 0.1) is 22.2 Å². The normalized spacial score (nSPS) is 20.7. The maximum absolute atomic E-state index is 13.3. The number of rotatable bonds is 8. The lowest BCUT2D eigenvalue weighted by atomic mass is 9.72. The zero-order valence-corrected chi connectivity index (χ0v) is 21.2. The first-order chi connectivity index (χ1) is 17.1. The number of piperidine rings is 1. The quantitative estimate of drug-likeness (QED) is 0.438. The fourth-order valence-electron chi connectivity index (χ4n) is 5.09. The summed E-state index contributed by atoms with van der Waals surface area (Å²) in [4.78, 5) is 4.27. The number of hydrogen-bond donors (Lipinski definition) is 3. The first kappa shape index (κ1) is 24.9. The summed E-state index contributed by atoms with van der Waals surface area (Å²) in [6.45, 7) is 3.45. The predicted molar refractivity (Wildman–Crippen MR) is 132 cm³/mol. The van der Waals surface area contributed by atoms with Gasteiger partial charge in [0.15, 0.2) is 5.01 Å². The molecule has 0 bridgehead atoms. The summed E-state index contributed by atoms with van der Waals surface area (Å²) in [6.07, 6.45) is 1.09.